The van der Waals surface area contributed by atoms with E-state index >= 15 is 0 Å². The second-order valence-electron chi connectivity index (χ2n) is 5.70. The van der Waals surface area contributed by atoms with Gasteiger partial charge in [-0.15, -0.1) is 0 Å². The molecule has 1 aromatic heterocycles. The van der Waals surface area contributed by atoms with Gasteiger partial charge < -0.3 is 14.5 Å². The number of benzene rings is 1. The summed E-state index contributed by atoms with van der Waals surface area (Å²) in [6, 6.07) is 11.8. The van der Waals surface area contributed by atoms with Crippen molar-refractivity contribution in [2.45, 2.75) is 24.8 Å². The molecule has 0 radical (unpaired) electrons. The van der Waals surface area contributed by atoms with E-state index in [1.165, 1.54) is 0 Å². The Bertz CT molecular complexity index is 650. The summed E-state index contributed by atoms with van der Waals surface area (Å²) in [7, 11) is 0. The number of fused-ring (bicyclic) bond motifs is 1. The van der Waals surface area contributed by atoms with Gasteiger partial charge in [0.15, 0.2) is 0 Å². The molecule has 0 saturated heterocycles. The number of furan rings is 1. The first-order valence-electron chi connectivity index (χ1n) is 7.38. The van der Waals surface area contributed by atoms with E-state index in [2.05, 4.69) is 5.32 Å². The molecule has 3 atom stereocenters. The summed E-state index contributed by atoms with van der Waals surface area (Å²) < 4.78 is 11.0. The summed E-state index contributed by atoms with van der Waals surface area (Å²) in [5, 5.41) is 3.17. The van der Waals surface area contributed by atoms with Crippen LogP contribution >= 0.6 is 0 Å². The number of hydrogen-bond donors (Lipinski definition) is 1. The fourth-order valence-corrected chi connectivity index (χ4v) is 3.07. The number of para-hydroxylation sites is 1. The molecular weight excluding hydrogens is 266 g/mol. The van der Waals surface area contributed by atoms with Gasteiger partial charge in [-0.25, -0.2) is 0 Å². The van der Waals surface area contributed by atoms with E-state index in [-0.39, 0.29) is 23.8 Å². The van der Waals surface area contributed by atoms with Gasteiger partial charge in [-0.1, -0.05) is 18.2 Å². The van der Waals surface area contributed by atoms with Crippen LogP contribution in [0.2, 0.25) is 0 Å². The first-order chi connectivity index (χ1) is 10.3. The van der Waals surface area contributed by atoms with Crippen LogP contribution in [0.5, 0.6) is 5.75 Å². The minimum absolute atomic E-state index is 0.0474. The number of ether oxygens (including phenoxy) is 1. The topological polar surface area (TPSA) is 51.5 Å². The molecule has 2 aliphatic rings. The number of hydrogen-bond acceptors (Lipinski definition) is 3. The number of carbonyl (C=O) groups is 1. The molecule has 1 N–H and O–H groups in total. The van der Waals surface area contributed by atoms with Gasteiger partial charge in [0.25, 0.3) is 0 Å². The highest BCUT2D eigenvalue weighted by molar-refractivity contribution is 5.83. The summed E-state index contributed by atoms with van der Waals surface area (Å²) in [6.45, 7) is 0.647. The predicted molar refractivity (Wildman–Crippen MR) is 77.0 cm³/mol. The van der Waals surface area contributed by atoms with Crippen LogP contribution in [0.4, 0.5) is 0 Å². The molecular formula is C17H17NO3. The molecule has 1 aromatic carbocycles. The molecule has 4 rings (SSSR count). The SMILES string of the molecule is O=C(NC1CCOc2ccccc21)C1CC1c1ccco1. The zero-order chi connectivity index (χ0) is 14.2. The summed E-state index contributed by atoms with van der Waals surface area (Å²) in [4.78, 5) is 12.4. The van der Waals surface area contributed by atoms with Gasteiger partial charge in [0.05, 0.1) is 18.9 Å². The maximum atomic E-state index is 12.4. The maximum absolute atomic E-state index is 12.4. The molecule has 1 saturated carbocycles. The lowest BCUT2D eigenvalue weighted by Gasteiger charge is -2.26. The molecule has 3 unspecified atom stereocenters. The van der Waals surface area contributed by atoms with E-state index in [4.69, 9.17) is 9.15 Å². The largest absolute Gasteiger partial charge is 0.493 e. The summed E-state index contributed by atoms with van der Waals surface area (Å²) >= 11 is 0. The number of amides is 1. The maximum Gasteiger partial charge on any atom is 0.224 e. The van der Waals surface area contributed by atoms with Crippen molar-refractivity contribution < 1.29 is 13.9 Å². The normalized spacial score (nSPS) is 26.6. The monoisotopic (exact) mass is 283 g/mol. The predicted octanol–water partition coefficient (Wildman–Crippen LogP) is 3.02. The van der Waals surface area contributed by atoms with E-state index in [0.717, 1.165) is 29.9 Å². The second kappa shape index (κ2) is 4.95. The summed E-state index contributed by atoms with van der Waals surface area (Å²) in [5.41, 5.74) is 1.08. The van der Waals surface area contributed by atoms with Crippen LogP contribution in [0.15, 0.2) is 47.1 Å². The summed E-state index contributed by atoms with van der Waals surface area (Å²) in [6.07, 6.45) is 3.36. The highest BCUT2D eigenvalue weighted by Gasteiger charge is 2.46. The first kappa shape index (κ1) is 12.5. The Labute approximate surface area is 123 Å². The molecule has 1 aliphatic carbocycles. The van der Waals surface area contributed by atoms with Crippen molar-refractivity contribution in [1.29, 1.82) is 0 Å². The Morgan fingerprint density at radius 1 is 1.19 bits per heavy atom. The van der Waals surface area contributed by atoms with E-state index in [0.29, 0.717) is 6.61 Å². The third kappa shape index (κ3) is 2.31. The van der Waals surface area contributed by atoms with E-state index < -0.39 is 0 Å². The minimum atomic E-state index is 0.0474. The Morgan fingerprint density at radius 3 is 2.95 bits per heavy atom. The Balaban J connectivity index is 1.45. The lowest BCUT2D eigenvalue weighted by molar-refractivity contribution is -0.123. The highest BCUT2D eigenvalue weighted by atomic mass is 16.5. The van der Waals surface area contributed by atoms with Gasteiger partial charge in [-0.3, -0.25) is 4.79 Å². The molecule has 21 heavy (non-hydrogen) atoms. The Morgan fingerprint density at radius 2 is 2.10 bits per heavy atom. The van der Waals surface area contributed by atoms with Crippen molar-refractivity contribution in [2.24, 2.45) is 5.92 Å². The van der Waals surface area contributed by atoms with Crippen LogP contribution in [0.25, 0.3) is 0 Å². The van der Waals surface area contributed by atoms with Crippen LogP contribution in [-0.2, 0) is 4.79 Å². The molecule has 1 aliphatic heterocycles. The van der Waals surface area contributed by atoms with Crippen molar-refractivity contribution in [1.82, 2.24) is 5.32 Å². The van der Waals surface area contributed by atoms with E-state index in [1.54, 1.807) is 6.26 Å². The van der Waals surface area contributed by atoms with E-state index in [1.807, 2.05) is 36.4 Å². The molecule has 2 heterocycles. The fraction of sp³-hybridized carbons (Fsp3) is 0.353. The van der Waals surface area contributed by atoms with Crippen molar-refractivity contribution in [3.8, 4) is 5.75 Å². The Hall–Kier alpha value is -2.23. The van der Waals surface area contributed by atoms with Gasteiger partial charge in [-0.05, 0) is 24.6 Å². The third-order valence-corrected chi connectivity index (χ3v) is 4.31. The average Bonchev–Trinajstić information content (AvgIpc) is 3.14. The Kier molecular flexibility index (Phi) is 2.95. The zero-order valence-corrected chi connectivity index (χ0v) is 11.6. The van der Waals surface area contributed by atoms with Crippen molar-refractivity contribution in [2.75, 3.05) is 6.61 Å². The van der Waals surface area contributed by atoms with Gasteiger partial charge in [0.1, 0.15) is 11.5 Å². The van der Waals surface area contributed by atoms with Crippen molar-refractivity contribution >= 4 is 5.91 Å². The first-order valence-corrected chi connectivity index (χ1v) is 7.38. The van der Waals surface area contributed by atoms with Crippen LogP contribution in [0, 0.1) is 5.92 Å². The van der Waals surface area contributed by atoms with Crippen LogP contribution in [0.3, 0.4) is 0 Å². The van der Waals surface area contributed by atoms with Crippen molar-refractivity contribution in [3.05, 3.63) is 54.0 Å². The van der Waals surface area contributed by atoms with E-state index in [9.17, 15) is 4.79 Å². The molecule has 4 nitrogen and oxygen atoms in total. The van der Waals surface area contributed by atoms with Crippen LogP contribution in [-0.4, -0.2) is 12.5 Å². The molecule has 1 fully saturated rings. The fourth-order valence-electron chi connectivity index (χ4n) is 3.07. The van der Waals surface area contributed by atoms with Crippen LogP contribution in [0.1, 0.15) is 36.1 Å². The molecule has 1 amide bonds. The molecule has 0 spiro atoms. The van der Waals surface area contributed by atoms with Gasteiger partial charge in [0, 0.05) is 23.8 Å². The van der Waals surface area contributed by atoms with Gasteiger partial charge in [0.2, 0.25) is 5.91 Å². The third-order valence-electron chi connectivity index (χ3n) is 4.31. The van der Waals surface area contributed by atoms with Gasteiger partial charge in [-0.2, -0.15) is 0 Å². The molecule has 4 heteroatoms. The molecule has 0 bridgehead atoms. The number of rotatable bonds is 3. The standard InChI is InChI=1S/C17H17NO3/c19-17(13-10-12(13)16-6-3-8-20-16)18-14-7-9-21-15-5-2-1-4-11(14)15/h1-6,8,12-14H,7,9-10H2,(H,18,19). The van der Waals surface area contributed by atoms with Crippen LogP contribution < -0.4 is 10.1 Å². The zero-order valence-electron chi connectivity index (χ0n) is 11.6. The smallest absolute Gasteiger partial charge is 0.224 e. The quantitative estimate of drug-likeness (QED) is 0.942. The average molecular weight is 283 g/mol. The second-order valence-corrected chi connectivity index (χ2v) is 5.70. The molecule has 108 valence electrons. The summed E-state index contributed by atoms with van der Waals surface area (Å²) in [5.74, 6) is 2.22. The lowest BCUT2D eigenvalue weighted by Crippen LogP contribution is -2.33. The highest BCUT2D eigenvalue weighted by Crippen LogP contribution is 2.48. The van der Waals surface area contributed by atoms with Crippen molar-refractivity contribution in [3.63, 3.8) is 0 Å². The van der Waals surface area contributed by atoms with Gasteiger partial charge >= 0.3 is 0 Å². The molecule has 2 aromatic rings. The minimum Gasteiger partial charge on any atom is -0.493 e. The number of carbonyl (C=O) groups excluding carboxylic acids is 1. The number of nitrogens with one attached hydrogen (secondary N) is 1. The lowest BCUT2D eigenvalue weighted by atomic mass is 10.0.